The molecule has 1 heterocycles. The standard InChI is InChI=1S/C7H8Br2N2O/c1-2-12-4-7-10-5(8)3-6(9)11-7/h3H,2,4H2,1H3. The highest BCUT2D eigenvalue weighted by atomic mass is 79.9. The van der Waals surface area contributed by atoms with Crippen molar-refractivity contribution in [3.05, 3.63) is 21.1 Å². The van der Waals surface area contributed by atoms with Gasteiger partial charge in [0.1, 0.15) is 15.8 Å². The van der Waals surface area contributed by atoms with Gasteiger partial charge in [0.05, 0.1) is 0 Å². The Balaban J connectivity index is 2.72. The van der Waals surface area contributed by atoms with Gasteiger partial charge in [-0.1, -0.05) is 0 Å². The van der Waals surface area contributed by atoms with Crippen LogP contribution in [0.15, 0.2) is 15.3 Å². The van der Waals surface area contributed by atoms with Crippen LogP contribution in [0.2, 0.25) is 0 Å². The molecule has 5 heteroatoms. The molecule has 0 aliphatic carbocycles. The molecule has 0 saturated carbocycles. The van der Waals surface area contributed by atoms with Crippen molar-refractivity contribution in [3.8, 4) is 0 Å². The molecule has 0 aromatic carbocycles. The van der Waals surface area contributed by atoms with E-state index < -0.39 is 0 Å². The summed E-state index contributed by atoms with van der Waals surface area (Å²) in [6.45, 7) is 3.06. The number of rotatable bonds is 3. The maximum Gasteiger partial charge on any atom is 0.156 e. The molecular weight excluding hydrogens is 288 g/mol. The molecule has 66 valence electrons. The topological polar surface area (TPSA) is 35.0 Å². The molecule has 0 unspecified atom stereocenters. The quantitative estimate of drug-likeness (QED) is 0.804. The van der Waals surface area contributed by atoms with Gasteiger partial charge >= 0.3 is 0 Å². The molecule has 1 aromatic heterocycles. The van der Waals surface area contributed by atoms with Gasteiger partial charge in [0.15, 0.2) is 5.82 Å². The Labute approximate surface area is 87.8 Å². The third-order valence-corrected chi connectivity index (χ3v) is 1.96. The zero-order chi connectivity index (χ0) is 8.97. The molecular formula is C7H8Br2N2O. The predicted molar refractivity (Wildman–Crippen MR) is 52.8 cm³/mol. The van der Waals surface area contributed by atoms with Gasteiger partial charge in [-0.3, -0.25) is 0 Å². The highest BCUT2D eigenvalue weighted by molar-refractivity contribution is 9.11. The van der Waals surface area contributed by atoms with Crippen molar-refractivity contribution in [1.82, 2.24) is 9.97 Å². The first kappa shape index (κ1) is 10.1. The summed E-state index contributed by atoms with van der Waals surface area (Å²) >= 11 is 6.54. The summed E-state index contributed by atoms with van der Waals surface area (Å²) in [5, 5.41) is 0. The van der Waals surface area contributed by atoms with Crippen molar-refractivity contribution in [3.63, 3.8) is 0 Å². The molecule has 1 rings (SSSR count). The first-order valence-electron chi connectivity index (χ1n) is 3.49. The van der Waals surface area contributed by atoms with E-state index in [9.17, 15) is 0 Å². The number of ether oxygens (including phenoxy) is 1. The van der Waals surface area contributed by atoms with E-state index in [2.05, 4.69) is 41.8 Å². The lowest BCUT2D eigenvalue weighted by molar-refractivity contribution is 0.128. The maximum atomic E-state index is 5.16. The molecule has 0 N–H and O–H groups in total. The first-order valence-corrected chi connectivity index (χ1v) is 5.07. The second-order valence-corrected chi connectivity index (χ2v) is 3.69. The number of halogens is 2. The predicted octanol–water partition coefficient (Wildman–Crippen LogP) is 2.54. The van der Waals surface area contributed by atoms with Crippen molar-refractivity contribution in [2.45, 2.75) is 13.5 Å². The van der Waals surface area contributed by atoms with Crippen molar-refractivity contribution >= 4 is 31.9 Å². The minimum atomic E-state index is 0.453. The highest BCUT2D eigenvalue weighted by Gasteiger charge is 1.99. The third kappa shape index (κ3) is 3.16. The summed E-state index contributed by atoms with van der Waals surface area (Å²) in [5.41, 5.74) is 0. The minimum Gasteiger partial charge on any atom is -0.374 e. The average molecular weight is 296 g/mol. The highest BCUT2D eigenvalue weighted by Crippen LogP contribution is 2.13. The molecule has 3 nitrogen and oxygen atoms in total. The molecule has 1 aromatic rings. The van der Waals surface area contributed by atoms with Crippen LogP contribution in [0.1, 0.15) is 12.7 Å². The zero-order valence-corrected chi connectivity index (χ0v) is 9.72. The minimum absolute atomic E-state index is 0.453. The van der Waals surface area contributed by atoms with E-state index in [0.717, 1.165) is 9.21 Å². The van der Waals surface area contributed by atoms with E-state index in [0.29, 0.717) is 19.0 Å². The maximum absolute atomic E-state index is 5.16. The Bertz CT molecular complexity index is 247. The van der Waals surface area contributed by atoms with Gasteiger partial charge in [-0.05, 0) is 38.8 Å². The summed E-state index contributed by atoms with van der Waals surface area (Å²) in [6, 6.07) is 1.79. The first-order chi connectivity index (χ1) is 5.72. The summed E-state index contributed by atoms with van der Waals surface area (Å²) in [6.07, 6.45) is 0. The van der Waals surface area contributed by atoms with Crippen LogP contribution in [0.5, 0.6) is 0 Å². The van der Waals surface area contributed by atoms with Crippen LogP contribution in [0, 0.1) is 0 Å². The van der Waals surface area contributed by atoms with E-state index in [4.69, 9.17) is 4.74 Å². The number of nitrogens with zero attached hydrogens (tertiary/aromatic N) is 2. The Morgan fingerprint density at radius 3 is 2.42 bits per heavy atom. The molecule has 0 amide bonds. The van der Waals surface area contributed by atoms with Crippen molar-refractivity contribution < 1.29 is 4.74 Å². The molecule has 0 spiro atoms. The summed E-state index contributed by atoms with van der Waals surface area (Å²) in [5.74, 6) is 0.679. The van der Waals surface area contributed by atoms with Gasteiger partial charge < -0.3 is 4.74 Å². The third-order valence-electron chi connectivity index (χ3n) is 1.15. The van der Waals surface area contributed by atoms with Crippen molar-refractivity contribution in [1.29, 1.82) is 0 Å². The van der Waals surface area contributed by atoms with Gasteiger partial charge in [-0.25, -0.2) is 9.97 Å². The van der Waals surface area contributed by atoms with Crippen LogP contribution in [-0.2, 0) is 11.3 Å². The van der Waals surface area contributed by atoms with Crippen LogP contribution >= 0.6 is 31.9 Å². The lowest BCUT2D eigenvalue weighted by Gasteiger charge is -2.00. The molecule has 0 fully saturated rings. The zero-order valence-electron chi connectivity index (χ0n) is 6.55. The van der Waals surface area contributed by atoms with Crippen LogP contribution < -0.4 is 0 Å². The Morgan fingerprint density at radius 1 is 1.33 bits per heavy atom. The fourth-order valence-corrected chi connectivity index (χ4v) is 1.84. The molecule has 0 atom stereocenters. The normalized spacial score (nSPS) is 10.2. The van der Waals surface area contributed by atoms with Crippen molar-refractivity contribution in [2.24, 2.45) is 0 Å². The van der Waals surface area contributed by atoms with E-state index in [1.165, 1.54) is 0 Å². The van der Waals surface area contributed by atoms with E-state index in [1.54, 1.807) is 6.07 Å². The number of hydrogen-bond donors (Lipinski definition) is 0. The Kier molecular flexibility index (Phi) is 4.11. The molecule has 0 bridgehead atoms. The summed E-state index contributed by atoms with van der Waals surface area (Å²) in [4.78, 5) is 8.24. The number of aromatic nitrogens is 2. The lowest BCUT2D eigenvalue weighted by Crippen LogP contribution is -1.99. The molecule has 0 radical (unpaired) electrons. The smallest absolute Gasteiger partial charge is 0.156 e. The largest absolute Gasteiger partial charge is 0.374 e. The second kappa shape index (κ2) is 4.89. The average Bonchev–Trinajstić information content (AvgIpc) is 1.99. The van der Waals surface area contributed by atoms with Crippen LogP contribution in [0.4, 0.5) is 0 Å². The van der Waals surface area contributed by atoms with E-state index in [-0.39, 0.29) is 0 Å². The number of hydrogen-bond acceptors (Lipinski definition) is 3. The van der Waals surface area contributed by atoms with Gasteiger partial charge in [0.2, 0.25) is 0 Å². The fourth-order valence-electron chi connectivity index (χ4n) is 0.692. The molecule has 0 aliphatic heterocycles. The summed E-state index contributed by atoms with van der Waals surface area (Å²) < 4.78 is 6.69. The van der Waals surface area contributed by atoms with Gasteiger partial charge in [-0.15, -0.1) is 0 Å². The van der Waals surface area contributed by atoms with Crippen LogP contribution in [0.25, 0.3) is 0 Å². The summed E-state index contributed by atoms with van der Waals surface area (Å²) in [7, 11) is 0. The van der Waals surface area contributed by atoms with Gasteiger partial charge in [0.25, 0.3) is 0 Å². The molecule has 12 heavy (non-hydrogen) atoms. The fraction of sp³-hybridized carbons (Fsp3) is 0.429. The SMILES string of the molecule is CCOCc1nc(Br)cc(Br)n1. The monoisotopic (exact) mass is 294 g/mol. The van der Waals surface area contributed by atoms with E-state index >= 15 is 0 Å². The van der Waals surface area contributed by atoms with Crippen molar-refractivity contribution in [2.75, 3.05) is 6.61 Å². The molecule has 0 saturated heterocycles. The van der Waals surface area contributed by atoms with Gasteiger partial charge in [0, 0.05) is 12.7 Å². The van der Waals surface area contributed by atoms with E-state index in [1.807, 2.05) is 6.92 Å². The lowest BCUT2D eigenvalue weighted by atomic mass is 10.6. The van der Waals surface area contributed by atoms with Crippen LogP contribution in [0.3, 0.4) is 0 Å². The molecule has 0 aliphatic rings. The van der Waals surface area contributed by atoms with Crippen LogP contribution in [-0.4, -0.2) is 16.6 Å². The Morgan fingerprint density at radius 2 is 1.92 bits per heavy atom. The van der Waals surface area contributed by atoms with Gasteiger partial charge in [-0.2, -0.15) is 0 Å². The second-order valence-electron chi connectivity index (χ2n) is 2.07. The Hall–Kier alpha value is -0.0000000000000000555.